The summed E-state index contributed by atoms with van der Waals surface area (Å²) < 4.78 is 0. The molecule has 0 aromatic rings. The van der Waals surface area contributed by atoms with E-state index in [-0.39, 0.29) is 5.54 Å². The van der Waals surface area contributed by atoms with Crippen molar-refractivity contribution >= 4 is 16.2 Å². The monoisotopic (exact) mass is 151 g/mol. The van der Waals surface area contributed by atoms with Crippen molar-refractivity contribution in [1.29, 1.82) is 0 Å². The molecular formula is C7H7O2Si. The predicted octanol–water partition coefficient (Wildman–Crippen LogP) is 0.914. The van der Waals surface area contributed by atoms with Gasteiger partial charge in [-0.2, -0.15) is 0 Å². The Kier molecular flexibility index (Phi) is 2.06. The Morgan fingerprint density at radius 3 is 2.90 bits per heavy atom. The Bertz CT molecular complexity index is 206. The van der Waals surface area contributed by atoms with Crippen molar-refractivity contribution in [3.8, 4) is 0 Å². The van der Waals surface area contributed by atoms with Crippen molar-refractivity contribution in [2.75, 3.05) is 0 Å². The van der Waals surface area contributed by atoms with Crippen molar-refractivity contribution in [3.05, 3.63) is 23.8 Å². The molecule has 10 heavy (non-hydrogen) atoms. The standard InChI is InChI=1S/C7H7O2Si/c8-7(9)5-2-1-3-6(10)4-5/h1-3,6H,4H2,(H,8,9). The summed E-state index contributed by atoms with van der Waals surface area (Å²) in [5.41, 5.74) is 0.638. The van der Waals surface area contributed by atoms with E-state index in [9.17, 15) is 4.79 Å². The lowest BCUT2D eigenvalue weighted by Crippen LogP contribution is -2.05. The molecule has 1 N–H and O–H groups in total. The van der Waals surface area contributed by atoms with Gasteiger partial charge in [-0.25, -0.2) is 4.79 Å². The zero-order valence-electron chi connectivity index (χ0n) is 5.37. The summed E-state index contributed by atoms with van der Waals surface area (Å²) in [6.07, 6.45) is 5.87. The first kappa shape index (κ1) is 7.28. The zero-order valence-corrected chi connectivity index (χ0v) is 6.37. The summed E-state index contributed by atoms with van der Waals surface area (Å²) in [5, 5.41) is 8.53. The third kappa shape index (κ3) is 1.57. The SMILES string of the molecule is O=C(O)C1=CC=CC([Si])C1. The fraction of sp³-hybridized carbons (Fsp3) is 0.286. The third-order valence-corrected chi connectivity index (χ3v) is 1.75. The number of allylic oxidation sites excluding steroid dienone is 3. The van der Waals surface area contributed by atoms with Crippen molar-refractivity contribution in [1.82, 2.24) is 0 Å². The number of hydrogen-bond acceptors (Lipinski definition) is 1. The minimum Gasteiger partial charge on any atom is -0.478 e. The van der Waals surface area contributed by atoms with Crippen molar-refractivity contribution < 1.29 is 9.90 Å². The van der Waals surface area contributed by atoms with Gasteiger partial charge in [0.15, 0.2) is 0 Å². The van der Waals surface area contributed by atoms with Gasteiger partial charge in [0.2, 0.25) is 0 Å². The fourth-order valence-electron chi connectivity index (χ4n) is 0.837. The highest BCUT2D eigenvalue weighted by molar-refractivity contribution is 6.13. The molecule has 2 nitrogen and oxygen atoms in total. The lowest BCUT2D eigenvalue weighted by atomic mass is 10.1. The predicted molar refractivity (Wildman–Crippen MR) is 39.0 cm³/mol. The van der Waals surface area contributed by atoms with Gasteiger partial charge < -0.3 is 5.11 Å². The zero-order chi connectivity index (χ0) is 7.56. The molecule has 3 radical (unpaired) electrons. The van der Waals surface area contributed by atoms with Crippen LogP contribution in [0.25, 0.3) is 0 Å². The Balaban J connectivity index is 2.71. The second kappa shape index (κ2) is 2.83. The maximum Gasteiger partial charge on any atom is 0.331 e. The molecule has 0 bridgehead atoms. The van der Waals surface area contributed by atoms with Crippen LogP contribution in [0.15, 0.2) is 23.8 Å². The van der Waals surface area contributed by atoms with E-state index in [1.807, 2.05) is 6.08 Å². The highest BCUT2D eigenvalue weighted by Crippen LogP contribution is 2.19. The molecule has 1 atom stereocenters. The highest BCUT2D eigenvalue weighted by Gasteiger charge is 2.11. The maximum atomic E-state index is 10.4. The van der Waals surface area contributed by atoms with Crippen LogP contribution in [0.2, 0.25) is 5.54 Å². The molecular weight excluding hydrogens is 144 g/mol. The molecule has 1 unspecified atom stereocenters. The van der Waals surface area contributed by atoms with Crippen molar-refractivity contribution in [2.45, 2.75) is 12.0 Å². The van der Waals surface area contributed by atoms with Crippen LogP contribution in [0.4, 0.5) is 0 Å². The first-order valence-electron chi connectivity index (χ1n) is 3.02. The second-order valence-electron chi connectivity index (χ2n) is 2.19. The molecule has 0 aliphatic heterocycles. The van der Waals surface area contributed by atoms with E-state index in [1.165, 1.54) is 0 Å². The number of carbonyl (C=O) groups is 1. The molecule has 0 aromatic heterocycles. The molecule has 0 heterocycles. The van der Waals surface area contributed by atoms with Crippen molar-refractivity contribution in [2.24, 2.45) is 0 Å². The van der Waals surface area contributed by atoms with Gasteiger partial charge in [-0.1, -0.05) is 18.2 Å². The van der Waals surface area contributed by atoms with E-state index in [0.29, 0.717) is 12.0 Å². The average Bonchev–Trinajstić information content (AvgIpc) is 1.88. The van der Waals surface area contributed by atoms with E-state index in [2.05, 4.69) is 10.2 Å². The van der Waals surface area contributed by atoms with Crippen LogP contribution in [0, 0.1) is 0 Å². The molecule has 3 heteroatoms. The Morgan fingerprint density at radius 1 is 1.80 bits per heavy atom. The van der Waals surface area contributed by atoms with Gasteiger partial charge in [-0.05, 0) is 12.0 Å². The molecule has 0 saturated carbocycles. The lowest BCUT2D eigenvalue weighted by molar-refractivity contribution is -0.132. The third-order valence-electron chi connectivity index (χ3n) is 1.36. The molecule has 0 saturated heterocycles. The van der Waals surface area contributed by atoms with Gasteiger partial charge in [-0.3, -0.25) is 0 Å². The molecule has 0 aromatic carbocycles. The maximum absolute atomic E-state index is 10.4. The second-order valence-corrected chi connectivity index (χ2v) is 2.93. The van der Waals surface area contributed by atoms with Crippen LogP contribution in [0.1, 0.15) is 6.42 Å². The average molecular weight is 151 g/mol. The van der Waals surface area contributed by atoms with Crippen LogP contribution >= 0.6 is 0 Å². The van der Waals surface area contributed by atoms with Crippen LogP contribution in [0.5, 0.6) is 0 Å². The van der Waals surface area contributed by atoms with E-state index in [4.69, 9.17) is 5.11 Å². The molecule has 1 rings (SSSR count). The first-order valence-corrected chi connectivity index (χ1v) is 3.59. The summed E-state index contributed by atoms with van der Waals surface area (Å²) >= 11 is 0. The van der Waals surface area contributed by atoms with Gasteiger partial charge in [0, 0.05) is 15.8 Å². The topological polar surface area (TPSA) is 37.3 Å². The molecule has 0 spiro atoms. The van der Waals surface area contributed by atoms with Crippen LogP contribution in [-0.4, -0.2) is 21.3 Å². The quantitative estimate of drug-likeness (QED) is 0.566. The highest BCUT2D eigenvalue weighted by atomic mass is 28.1. The number of carboxylic acids is 1. The van der Waals surface area contributed by atoms with Gasteiger partial charge in [-0.15, -0.1) is 0 Å². The smallest absolute Gasteiger partial charge is 0.331 e. The van der Waals surface area contributed by atoms with E-state index >= 15 is 0 Å². The molecule has 1 aliphatic carbocycles. The summed E-state index contributed by atoms with van der Waals surface area (Å²) in [6, 6.07) is 0. The Hall–Kier alpha value is -0.833. The molecule has 1 aliphatic rings. The summed E-state index contributed by atoms with van der Waals surface area (Å²) in [7, 11) is 3.35. The van der Waals surface area contributed by atoms with Gasteiger partial charge in [0.05, 0.1) is 0 Å². The summed E-state index contributed by atoms with van der Waals surface area (Å²) in [6.45, 7) is 0. The Labute approximate surface area is 62.7 Å². The van der Waals surface area contributed by atoms with Crippen LogP contribution < -0.4 is 0 Å². The largest absolute Gasteiger partial charge is 0.478 e. The first-order chi connectivity index (χ1) is 4.70. The lowest BCUT2D eigenvalue weighted by Gasteiger charge is -2.09. The van der Waals surface area contributed by atoms with E-state index < -0.39 is 5.97 Å². The molecule has 51 valence electrons. The number of carboxylic acid groups (broad SMARTS) is 1. The minimum atomic E-state index is -0.826. The summed E-state index contributed by atoms with van der Waals surface area (Å²) in [5.74, 6) is -0.826. The molecule has 0 fully saturated rings. The van der Waals surface area contributed by atoms with Crippen LogP contribution in [-0.2, 0) is 4.79 Å². The minimum absolute atomic E-state index is 0.177. The van der Waals surface area contributed by atoms with Gasteiger partial charge in [0.25, 0.3) is 0 Å². The summed E-state index contributed by atoms with van der Waals surface area (Å²) in [4.78, 5) is 10.4. The van der Waals surface area contributed by atoms with E-state index in [0.717, 1.165) is 0 Å². The number of rotatable bonds is 1. The van der Waals surface area contributed by atoms with E-state index in [1.54, 1.807) is 12.2 Å². The fourth-order valence-corrected chi connectivity index (χ4v) is 1.17. The van der Waals surface area contributed by atoms with Gasteiger partial charge in [0.1, 0.15) is 0 Å². The van der Waals surface area contributed by atoms with Crippen molar-refractivity contribution in [3.63, 3.8) is 0 Å². The number of aliphatic carboxylic acids is 1. The van der Waals surface area contributed by atoms with Crippen LogP contribution in [0.3, 0.4) is 0 Å². The Morgan fingerprint density at radius 2 is 2.50 bits per heavy atom. The number of hydrogen-bond donors (Lipinski definition) is 1. The molecule has 0 amide bonds. The normalized spacial score (nSPS) is 24.1. The van der Waals surface area contributed by atoms with Gasteiger partial charge >= 0.3 is 5.97 Å².